The number of ether oxygens (including phenoxy) is 1. The third-order valence-corrected chi connectivity index (χ3v) is 0.390. The molecule has 0 aromatic heterocycles. The van der Waals surface area contributed by atoms with Crippen molar-refractivity contribution in [3.63, 3.8) is 0 Å². The minimum Gasteiger partial charge on any atom is -0.369 e. The highest BCUT2D eigenvalue weighted by Crippen LogP contribution is 1.65. The Bertz CT molecular complexity index is 113. The number of nitrogens with two attached hydrogens (primary N) is 2. The largest absolute Gasteiger partial charge is 0.369 e. The molecule has 0 aliphatic carbocycles. The van der Waals surface area contributed by atoms with Crippen LogP contribution in [0.1, 0.15) is 6.92 Å². The predicted octanol–water partition coefficient (Wildman–Crippen LogP) is -0.320. The normalized spacial score (nSPS) is 6.80. The number of carbonyl (C=O) groups excluding carboxylic acids is 1. The fraction of sp³-hybridized carbons (Fsp3) is 0.500. The van der Waals surface area contributed by atoms with Gasteiger partial charge in [-0.05, 0) is 6.92 Å². The molecule has 0 bridgehead atoms. The number of rotatable bonds is 2. The van der Waals surface area contributed by atoms with Crippen molar-refractivity contribution in [3.05, 3.63) is 0 Å². The fourth-order valence-electron chi connectivity index (χ4n) is 0.161. The van der Waals surface area contributed by atoms with Crippen LogP contribution >= 0.6 is 0 Å². The SMILES string of the molecule is C#CCOCC.NC(N)=O. The Morgan fingerprint density at radius 2 is 2.10 bits per heavy atom. The molecule has 0 aliphatic rings. The molecule has 4 heteroatoms. The van der Waals surface area contributed by atoms with Crippen molar-refractivity contribution < 1.29 is 9.53 Å². The summed E-state index contributed by atoms with van der Waals surface area (Å²) in [6.07, 6.45) is 4.84. The molecule has 0 spiro atoms. The highest BCUT2D eigenvalue weighted by atomic mass is 16.5. The molecule has 58 valence electrons. The Labute approximate surface area is 60.5 Å². The number of primary amides is 2. The first-order valence-electron chi connectivity index (χ1n) is 2.71. The first kappa shape index (κ1) is 11.6. The van der Waals surface area contributed by atoms with Gasteiger partial charge in [0.15, 0.2) is 0 Å². The van der Waals surface area contributed by atoms with Crippen LogP contribution in [0, 0.1) is 12.3 Å². The number of hydrogen-bond acceptors (Lipinski definition) is 2. The van der Waals surface area contributed by atoms with Gasteiger partial charge in [-0.25, -0.2) is 4.79 Å². The lowest BCUT2D eigenvalue weighted by molar-refractivity contribution is 0.182. The first-order valence-corrected chi connectivity index (χ1v) is 2.71. The summed E-state index contributed by atoms with van der Waals surface area (Å²) in [6.45, 7) is 3.07. The third kappa shape index (κ3) is 71.0. The molecule has 0 rings (SSSR count). The van der Waals surface area contributed by atoms with E-state index in [9.17, 15) is 0 Å². The number of amides is 2. The molecule has 0 atom stereocenters. The molecule has 0 fully saturated rings. The highest BCUT2D eigenvalue weighted by Gasteiger charge is 1.67. The first-order chi connectivity index (χ1) is 4.65. The highest BCUT2D eigenvalue weighted by molar-refractivity contribution is 5.69. The summed E-state index contributed by atoms with van der Waals surface area (Å²) >= 11 is 0. The number of carbonyl (C=O) groups is 1. The quantitative estimate of drug-likeness (QED) is 0.411. The smallest absolute Gasteiger partial charge is 0.309 e. The summed E-state index contributed by atoms with van der Waals surface area (Å²) < 4.78 is 4.75. The average molecular weight is 144 g/mol. The van der Waals surface area contributed by atoms with Crippen LogP contribution in [0.5, 0.6) is 0 Å². The minimum absolute atomic E-state index is 0.441. The van der Waals surface area contributed by atoms with E-state index >= 15 is 0 Å². The fourth-order valence-corrected chi connectivity index (χ4v) is 0.161. The molecule has 0 aliphatic heterocycles. The molecule has 0 unspecified atom stereocenters. The van der Waals surface area contributed by atoms with Gasteiger partial charge in [0.1, 0.15) is 6.61 Å². The molecule has 2 amide bonds. The van der Waals surface area contributed by atoms with E-state index in [1.54, 1.807) is 0 Å². The minimum atomic E-state index is -0.833. The van der Waals surface area contributed by atoms with Gasteiger partial charge in [0.2, 0.25) is 0 Å². The van der Waals surface area contributed by atoms with Gasteiger partial charge in [0.05, 0.1) is 0 Å². The lowest BCUT2D eigenvalue weighted by atomic mass is 10.7. The zero-order chi connectivity index (χ0) is 8.41. The van der Waals surface area contributed by atoms with E-state index in [1.807, 2.05) is 6.92 Å². The molecule has 0 heterocycles. The Balaban J connectivity index is 0. The maximum atomic E-state index is 9.00. The van der Waals surface area contributed by atoms with E-state index < -0.39 is 6.03 Å². The maximum Gasteiger partial charge on any atom is 0.309 e. The molecule has 0 saturated heterocycles. The van der Waals surface area contributed by atoms with Crippen LogP contribution in [0.4, 0.5) is 4.79 Å². The molecular formula is C6H12N2O2. The second kappa shape index (κ2) is 10.7. The molecule has 0 aromatic rings. The third-order valence-electron chi connectivity index (χ3n) is 0.390. The topological polar surface area (TPSA) is 78.3 Å². The van der Waals surface area contributed by atoms with Crippen LogP contribution < -0.4 is 11.5 Å². The molecular weight excluding hydrogens is 132 g/mol. The van der Waals surface area contributed by atoms with Crippen LogP contribution in [0.15, 0.2) is 0 Å². The Morgan fingerprint density at radius 3 is 2.20 bits per heavy atom. The molecule has 0 aromatic carbocycles. The standard InChI is InChI=1S/C5H8O.CH4N2O/c1-3-5-6-4-2;2-1(3)4/h1H,4-5H2,2H3;(H4,2,3,4). The summed E-state index contributed by atoms with van der Waals surface area (Å²) in [7, 11) is 0. The van der Waals surface area contributed by atoms with Crippen LogP contribution in [0.2, 0.25) is 0 Å². The molecule has 4 N–H and O–H groups in total. The molecule has 4 nitrogen and oxygen atoms in total. The van der Waals surface area contributed by atoms with Crippen LogP contribution in [0.3, 0.4) is 0 Å². The second-order valence-electron chi connectivity index (χ2n) is 1.24. The monoisotopic (exact) mass is 144 g/mol. The maximum absolute atomic E-state index is 9.00. The van der Waals surface area contributed by atoms with Crippen LogP contribution in [0.25, 0.3) is 0 Å². The Kier molecular flexibility index (Phi) is 12.4. The van der Waals surface area contributed by atoms with Gasteiger partial charge in [-0.2, -0.15) is 0 Å². The van der Waals surface area contributed by atoms with Gasteiger partial charge in [-0.3, -0.25) is 0 Å². The van der Waals surface area contributed by atoms with Crippen molar-refractivity contribution in [3.8, 4) is 12.3 Å². The number of hydrogen-bond donors (Lipinski definition) is 2. The van der Waals surface area contributed by atoms with E-state index in [-0.39, 0.29) is 0 Å². The number of urea groups is 1. The predicted molar refractivity (Wildman–Crippen MR) is 39.1 cm³/mol. The van der Waals surface area contributed by atoms with Crippen molar-refractivity contribution in [1.29, 1.82) is 0 Å². The molecule has 0 saturated carbocycles. The lowest BCUT2D eigenvalue weighted by Crippen LogP contribution is -2.18. The molecule has 10 heavy (non-hydrogen) atoms. The van der Waals surface area contributed by atoms with Gasteiger partial charge in [0.25, 0.3) is 0 Å². The van der Waals surface area contributed by atoms with Crippen molar-refractivity contribution >= 4 is 6.03 Å². The van der Waals surface area contributed by atoms with Crippen molar-refractivity contribution in [2.24, 2.45) is 11.5 Å². The van der Waals surface area contributed by atoms with Gasteiger partial charge in [-0.1, -0.05) is 5.92 Å². The zero-order valence-electron chi connectivity index (χ0n) is 5.96. The van der Waals surface area contributed by atoms with Crippen LogP contribution in [-0.4, -0.2) is 19.2 Å². The summed E-state index contributed by atoms with van der Waals surface area (Å²) in [5, 5.41) is 0. The van der Waals surface area contributed by atoms with E-state index in [0.29, 0.717) is 13.2 Å². The Hall–Kier alpha value is -1.21. The van der Waals surface area contributed by atoms with E-state index in [2.05, 4.69) is 17.4 Å². The van der Waals surface area contributed by atoms with Gasteiger partial charge in [0, 0.05) is 6.61 Å². The summed E-state index contributed by atoms with van der Waals surface area (Å²) in [5.74, 6) is 2.35. The summed E-state index contributed by atoms with van der Waals surface area (Å²) in [5.41, 5.74) is 8.50. The van der Waals surface area contributed by atoms with E-state index in [0.717, 1.165) is 0 Å². The van der Waals surface area contributed by atoms with Gasteiger partial charge in [-0.15, -0.1) is 6.42 Å². The zero-order valence-corrected chi connectivity index (χ0v) is 5.96. The van der Waals surface area contributed by atoms with Gasteiger partial charge < -0.3 is 16.2 Å². The van der Waals surface area contributed by atoms with Gasteiger partial charge >= 0.3 is 6.03 Å². The second-order valence-corrected chi connectivity index (χ2v) is 1.24. The van der Waals surface area contributed by atoms with E-state index in [1.165, 1.54) is 0 Å². The van der Waals surface area contributed by atoms with Crippen molar-refractivity contribution in [2.45, 2.75) is 6.92 Å². The molecule has 0 radical (unpaired) electrons. The summed E-state index contributed by atoms with van der Waals surface area (Å²) in [6, 6.07) is -0.833. The van der Waals surface area contributed by atoms with Crippen molar-refractivity contribution in [1.82, 2.24) is 0 Å². The lowest BCUT2D eigenvalue weighted by Gasteiger charge is -1.86. The number of terminal acetylenes is 1. The Morgan fingerprint density at radius 1 is 1.70 bits per heavy atom. The van der Waals surface area contributed by atoms with Crippen molar-refractivity contribution in [2.75, 3.05) is 13.2 Å². The summed E-state index contributed by atoms with van der Waals surface area (Å²) in [4.78, 5) is 9.00. The average Bonchev–Trinajstić information content (AvgIpc) is 1.82. The van der Waals surface area contributed by atoms with E-state index in [4.69, 9.17) is 16.0 Å². The van der Waals surface area contributed by atoms with Crippen LogP contribution in [-0.2, 0) is 4.74 Å².